The Morgan fingerprint density at radius 2 is 1.97 bits per heavy atom. The summed E-state index contributed by atoms with van der Waals surface area (Å²) in [6.45, 7) is 4.45. The Morgan fingerprint density at radius 1 is 1.21 bits per heavy atom. The molecule has 4 rings (SSSR count). The van der Waals surface area contributed by atoms with E-state index in [1.807, 2.05) is 13.8 Å². The molecule has 1 aromatic heterocycles. The second-order valence-corrected chi connectivity index (χ2v) is 9.10. The number of hydrogen-bond donors (Lipinski definition) is 1. The number of rotatable bonds is 6. The Bertz CT molecular complexity index is 1060. The number of likely N-dealkylation sites (tertiary alicyclic amines) is 1. The van der Waals surface area contributed by atoms with Crippen LogP contribution >= 0.6 is 11.6 Å². The van der Waals surface area contributed by atoms with Crippen LogP contribution in [0, 0.1) is 24.5 Å². The summed E-state index contributed by atoms with van der Waals surface area (Å²) in [7, 11) is 0. The van der Waals surface area contributed by atoms with Crippen LogP contribution in [-0.4, -0.2) is 47.0 Å². The molecule has 9 heteroatoms. The fourth-order valence-electron chi connectivity index (χ4n) is 4.59. The largest absolute Gasteiger partial charge is 0.381 e. The Kier molecular flexibility index (Phi) is 6.95. The molecule has 0 spiro atoms. The molecule has 2 fully saturated rings. The molecule has 0 saturated carbocycles. The third-order valence-electron chi connectivity index (χ3n) is 6.44. The van der Waals surface area contributed by atoms with E-state index in [1.54, 1.807) is 17.2 Å². The van der Waals surface area contributed by atoms with E-state index in [0.717, 1.165) is 17.7 Å². The van der Waals surface area contributed by atoms with Gasteiger partial charge in [-0.05, 0) is 49.9 Å². The number of halogens is 3. The molecule has 6 nitrogen and oxygen atoms in total. The van der Waals surface area contributed by atoms with Crippen LogP contribution in [0.4, 0.5) is 8.78 Å². The van der Waals surface area contributed by atoms with Crippen LogP contribution in [0.25, 0.3) is 0 Å². The number of aryl methyl sites for hydroxylation is 1. The SMILES string of the molecule is CC[C@@H]1CC[C@H](C(=O)NC(c2cc(F)c(Cl)cc2F)C2COC2)N1C(=O)c1cncc(C)c1. The standard InChI is InChI=1S/C24H26ClF2N3O3/c1-3-16-4-5-21(30(16)24(32)14-6-13(2)9-28-10-14)23(31)29-22(15-11-33-12-15)17-7-20(27)18(25)8-19(17)26/h6-10,15-16,21-22H,3-5,11-12H2,1-2H3,(H,29,31)/t16-,21-,22?/m1/s1. The van der Waals surface area contributed by atoms with Gasteiger partial charge in [0.05, 0.1) is 29.8 Å². The van der Waals surface area contributed by atoms with Gasteiger partial charge in [0.1, 0.15) is 17.7 Å². The zero-order chi connectivity index (χ0) is 23.7. The highest BCUT2D eigenvalue weighted by molar-refractivity contribution is 6.30. The minimum absolute atomic E-state index is 0.0179. The summed E-state index contributed by atoms with van der Waals surface area (Å²) in [5.41, 5.74) is 1.28. The number of ether oxygens (including phenoxy) is 1. The van der Waals surface area contributed by atoms with Crippen molar-refractivity contribution in [2.45, 2.75) is 51.2 Å². The second kappa shape index (κ2) is 9.73. The molecule has 3 atom stereocenters. The molecule has 0 bridgehead atoms. The summed E-state index contributed by atoms with van der Waals surface area (Å²) < 4.78 is 34.1. The van der Waals surface area contributed by atoms with Crippen molar-refractivity contribution in [3.63, 3.8) is 0 Å². The van der Waals surface area contributed by atoms with Crippen molar-refractivity contribution in [3.8, 4) is 0 Å². The molecule has 1 N–H and O–H groups in total. The molecule has 3 heterocycles. The maximum absolute atomic E-state index is 14.7. The van der Waals surface area contributed by atoms with E-state index in [2.05, 4.69) is 10.3 Å². The van der Waals surface area contributed by atoms with Crippen molar-refractivity contribution in [1.82, 2.24) is 15.2 Å². The average Bonchev–Trinajstić information content (AvgIpc) is 3.18. The van der Waals surface area contributed by atoms with Crippen LogP contribution in [0.1, 0.15) is 53.7 Å². The summed E-state index contributed by atoms with van der Waals surface area (Å²) in [5, 5.41) is 2.56. The first-order valence-corrected chi connectivity index (χ1v) is 11.4. The predicted octanol–water partition coefficient (Wildman–Crippen LogP) is 4.21. The number of carbonyl (C=O) groups is 2. The molecule has 2 aliphatic heterocycles. The topological polar surface area (TPSA) is 71.5 Å². The predicted molar refractivity (Wildman–Crippen MR) is 119 cm³/mol. The monoisotopic (exact) mass is 477 g/mol. The molecule has 2 saturated heterocycles. The number of nitrogens with zero attached hydrogens (tertiary/aromatic N) is 2. The van der Waals surface area contributed by atoms with E-state index in [0.29, 0.717) is 38.0 Å². The van der Waals surface area contributed by atoms with Crippen LogP contribution in [0.2, 0.25) is 5.02 Å². The molecule has 0 radical (unpaired) electrons. The second-order valence-electron chi connectivity index (χ2n) is 8.69. The summed E-state index contributed by atoms with van der Waals surface area (Å²) in [6, 6.07) is 2.07. The first-order valence-electron chi connectivity index (χ1n) is 11.1. The lowest BCUT2D eigenvalue weighted by Gasteiger charge is -2.36. The summed E-state index contributed by atoms with van der Waals surface area (Å²) in [6.07, 6.45) is 5.02. The van der Waals surface area contributed by atoms with Gasteiger partial charge in [-0.3, -0.25) is 14.6 Å². The van der Waals surface area contributed by atoms with Crippen molar-refractivity contribution in [3.05, 3.63) is 63.9 Å². The van der Waals surface area contributed by atoms with Gasteiger partial charge in [0, 0.05) is 29.9 Å². The van der Waals surface area contributed by atoms with Crippen LogP contribution < -0.4 is 5.32 Å². The number of aromatic nitrogens is 1. The normalized spacial score (nSPS) is 21.5. The number of hydrogen-bond acceptors (Lipinski definition) is 4. The fourth-order valence-corrected chi connectivity index (χ4v) is 4.74. The zero-order valence-electron chi connectivity index (χ0n) is 18.5. The Hall–Kier alpha value is -2.58. The summed E-state index contributed by atoms with van der Waals surface area (Å²) in [5.74, 6) is -2.33. The van der Waals surface area contributed by atoms with Gasteiger partial charge in [0.2, 0.25) is 5.91 Å². The molecular weight excluding hydrogens is 452 g/mol. The Balaban J connectivity index is 1.60. The molecule has 1 aromatic carbocycles. The van der Waals surface area contributed by atoms with E-state index in [-0.39, 0.29) is 28.5 Å². The Labute approximate surface area is 196 Å². The van der Waals surface area contributed by atoms with Gasteiger partial charge in [-0.15, -0.1) is 0 Å². The number of benzene rings is 1. The third-order valence-corrected chi connectivity index (χ3v) is 6.73. The van der Waals surface area contributed by atoms with E-state index in [9.17, 15) is 18.4 Å². The zero-order valence-corrected chi connectivity index (χ0v) is 19.2. The number of carbonyl (C=O) groups excluding carboxylic acids is 2. The number of pyridine rings is 1. The van der Waals surface area contributed by atoms with Gasteiger partial charge in [-0.2, -0.15) is 0 Å². The summed E-state index contributed by atoms with van der Waals surface area (Å²) in [4.78, 5) is 32.5. The molecule has 2 aliphatic rings. The van der Waals surface area contributed by atoms with Crippen molar-refractivity contribution in [2.24, 2.45) is 5.92 Å². The lowest BCUT2D eigenvalue weighted by molar-refractivity contribution is -0.128. The van der Waals surface area contributed by atoms with Gasteiger partial charge < -0.3 is 15.0 Å². The first kappa shape index (κ1) is 23.6. The van der Waals surface area contributed by atoms with E-state index < -0.39 is 29.6 Å². The smallest absolute Gasteiger partial charge is 0.256 e. The van der Waals surface area contributed by atoms with E-state index >= 15 is 0 Å². The highest BCUT2D eigenvalue weighted by atomic mass is 35.5. The van der Waals surface area contributed by atoms with Crippen molar-refractivity contribution in [1.29, 1.82) is 0 Å². The van der Waals surface area contributed by atoms with Crippen molar-refractivity contribution < 1.29 is 23.1 Å². The molecule has 2 aromatic rings. The van der Waals surface area contributed by atoms with Gasteiger partial charge >= 0.3 is 0 Å². The van der Waals surface area contributed by atoms with Gasteiger partial charge in [-0.25, -0.2) is 8.78 Å². The lowest BCUT2D eigenvalue weighted by atomic mass is 9.90. The number of nitrogens with one attached hydrogen (secondary N) is 1. The lowest BCUT2D eigenvalue weighted by Crippen LogP contribution is -2.52. The molecular formula is C24H26ClF2N3O3. The fraction of sp³-hybridized carbons (Fsp3) is 0.458. The summed E-state index contributed by atoms with van der Waals surface area (Å²) >= 11 is 5.71. The van der Waals surface area contributed by atoms with Gasteiger partial charge in [0.25, 0.3) is 5.91 Å². The minimum atomic E-state index is -0.795. The molecule has 33 heavy (non-hydrogen) atoms. The minimum Gasteiger partial charge on any atom is -0.381 e. The maximum Gasteiger partial charge on any atom is 0.256 e. The molecule has 176 valence electrons. The van der Waals surface area contributed by atoms with Crippen molar-refractivity contribution in [2.75, 3.05) is 13.2 Å². The van der Waals surface area contributed by atoms with Gasteiger partial charge in [-0.1, -0.05) is 18.5 Å². The molecule has 0 aliphatic carbocycles. The first-order chi connectivity index (χ1) is 15.8. The molecule has 1 unspecified atom stereocenters. The quantitative estimate of drug-likeness (QED) is 0.633. The van der Waals surface area contributed by atoms with E-state index in [4.69, 9.17) is 16.3 Å². The molecule has 2 amide bonds. The highest BCUT2D eigenvalue weighted by Gasteiger charge is 2.42. The van der Waals surface area contributed by atoms with Crippen LogP contribution in [-0.2, 0) is 9.53 Å². The van der Waals surface area contributed by atoms with Crippen LogP contribution in [0.3, 0.4) is 0 Å². The van der Waals surface area contributed by atoms with Crippen LogP contribution in [0.15, 0.2) is 30.6 Å². The highest BCUT2D eigenvalue weighted by Crippen LogP contribution is 2.34. The van der Waals surface area contributed by atoms with Crippen molar-refractivity contribution >= 4 is 23.4 Å². The van der Waals surface area contributed by atoms with Gasteiger partial charge in [0.15, 0.2) is 0 Å². The number of amides is 2. The average molecular weight is 478 g/mol. The van der Waals surface area contributed by atoms with E-state index in [1.165, 1.54) is 6.20 Å². The Morgan fingerprint density at radius 3 is 2.61 bits per heavy atom. The third kappa shape index (κ3) is 4.73. The van der Waals surface area contributed by atoms with Crippen LogP contribution in [0.5, 0.6) is 0 Å². The maximum atomic E-state index is 14.7.